The van der Waals surface area contributed by atoms with Gasteiger partial charge in [-0.05, 0) is 36.5 Å². The van der Waals surface area contributed by atoms with Gasteiger partial charge in [0.05, 0.1) is 0 Å². The molecule has 0 aliphatic heterocycles. The van der Waals surface area contributed by atoms with E-state index in [2.05, 4.69) is 5.32 Å². The number of carboxylic acids is 1. The summed E-state index contributed by atoms with van der Waals surface area (Å²) in [6.07, 6.45) is 4.01. The Labute approximate surface area is 148 Å². The molecule has 2 aromatic rings. The van der Waals surface area contributed by atoms with Crippen LogP contribution in [0.2, 0.25) is 0 Å². The van der Waals surface area contributed by atoms with E-state index in [0.29, 0.717) is 18.5 Å². The quantitative estimate of drug-likeness (QED) is 0.435. The third kappa shape index (κ3) is 6.63. The Balaban J connectivity index is 2.00. The molecule has 0 spiro atoms. The Morgan fingerprint density at radius 3 is 2.16 bits per heavy atom. The van der Waals surface area contributed by atoms with Gasteiger partial charge in [0, 0.05) is 18.1 Å². The van der Waals surface area contributed by atoms with Gasteiger partial charge in [0.25, 0.3) is 5.91 Å². The van der Waals surface area contributed by atoms with E-state index in [-0.39, 0.29) is 12.3 Å². The average Bonchev–Trinajstić information content (AvgIpc) is 2.63. The molecule has 0 radical (unpaired) electrons. The third-order valence-corrected chi connectivity index (χ3v) is 3.78. The van der Waals surface area contributed by atoms with Crippen LogP contribution < -0.4 is 10.4 Å². The maximum Gasteiger partial charge on any atom is 0.251 e. The van der Waals surface area contributed by atoms with Crippen LogP contribution in [0.1, 0.15) is 36.8 Å². The molecular weight excluding hydrogens is 314 g/mol. The Kier molecular flexibility index (Phi) is 7.44. The van der Waals surface area contributed by atoms with Gasteiger partial charge in [-0.3, -0.25) is 4.79 Å². The Morgan fingerprint density at radius 2 is 1.52 bits per heavy atom. The molecule has 0 fully saturated rings. The highest BCUT2D eigenvalue weighted by Crippen LogP contribution is 2.18. The predicted molar refractivity (Wildman–Crippen MR) is 97.2 cm³/mol. The lowest BCUT2D eigenvalue weighted by molar-refractivity contribution is -0.305. The summed E-state index contributed by atoms with van der Waals surface area (Å²) in [5, 5.41) is 13.3. The number of hydrogen-bond donors (Lipinski definition) is 1. The lowest BCUT2D eigenvalue weighted by Crippen LogP contribution is -2.25. The predicted octanol–water partition coefficient (Wildman–Crippen LogP) is 2.65. The summed E-state index contributed by atoms with van der Waals surface area (Å²) >= 11 is 0. The third-order valence-electron chi connectivity index (χ3n) is 3.78. The van der Waals surface area contributed by atoms with Gasteiger partial charge in [0.2, 0.25) is 0 Å². The lowest BCUT2D eigenvalue weighted by Gasteiger charge is -2.10. The zero-order valence-corrected chi connectivity index (χ0v) is 14.1. The summed E-state index contributed by atoms with van der Waals surface area (Å²) in [6.45, 7) is 0.519. The van der Waals surface area contributed by atoms with Crippen molar-refractivity contribution < 1.29 is 14.7 Å². The molecule has 2 aromatic carbocycles. The molecule has 0 heterocycles. The Hall–Kier alpha value is -2.88. The van der Waals surface area contributed by atoms with Crippen LogP contribution in [0.15, 0.2) is 60.7 Å². The van der Waals surface area contributed by atoms with Gasteiger partial charge in [0.15, 0.2) is 0 Å². The van der Waals surface area contributed by atoms with Crippen molar-refractivity contribution >= 4 is 23.5 Å². The van der Waals surface area contributed by atoms with Crippen molar-refractivity contribution in [2.24, 2.45) is 0 Å². The number of rotatable bonds is 9. The maximum atomic E-state index is 12.6. The first-order valence-electron chi connectivity index (χ1n) is 8.47. The fraction of sp³-hybridized carbons (Fsp3) is 0.238. The Morgan fingerprint density at radius 1 is 0.880 bits per heavy atom. The summed E-state index contributed by atoms with van der Waals surface area (Å²) in [5.74, 6) is -1.16. The first-order valence-corrected chi connectivity index (χ1v) is 8.47. The maximum absolute atomic E-state index is 12.6. The van der Waals surface area contributed by atoms with Gasteiger partial charge < -0.3 is 15.2 Å². The zero-order chi connectivity index (χ0) is 17.9. The molecule has 0 aliphatic rings. The van der Waals surface area contributed by atoms with Crippen LogP contribution in [0.5, 0.6) is 0 Å². The SMILES string of the molecule is O=C([O-])CCCCCNC(=O)/C(=C/c1ccccc1)c1ccccc1. The number of benzene rings is 2. The molecule has 130 valence electrons. The molecule has 1 N–H and O–H groups in total. The van der Waals surface area contributed by atoms with Crippen LogP contribution in [-0.2, 0) is 9.59 Å². The summed E-state index contributed by atoms with van der Waals surface area (Å²) in [6, 6.07) is 19.3. The summed E-state index contributed by atoms with van der Waals surface area (Å²) in [5.41, 5.74) is 2.44. The van der Waals surface area contributed by atoms with Gasteiger partial charge >= 0.3 is 0 Å². The van der Waals surface area contributed by atoms with Crippen molar-refractivity contribution in [1.82, 2.24) is 5.32 Å². The van der Waals surface area contributed by atoms with Crippen LogP contribution in [0.25, 0.3) is 11.6 Å². The van der Waals surface area contributed by atoms with Gasteiger partial charge in [-0.1, -0.05) is 67.1 Å². The minimum atomic E-state index is -1.03. The molecule has 0 atom stereocenters. The number of aliphatic carboxylic acids is 1. The van der Waals surface area contributed by atoms with Crippen molar-refractivity contribution in [2.75, 3.05) is 6.54 Å². The van der Waals surface area contributed by atoms with Crippen LogP contribution in [0.4, 0.5) is 0 Å². The standard InChI is InChI=1S/C21H23NO3/c23-20(24)14-8-3-9-15-22-21(25)19(18-12-6-2-7-13-18)16-17-10-4-1-5-11-17/h1-2,4-7,10-13,16H,3,8-9,14-15H2,(H,22,25)(H,23,24)/p-1/b19-16+. The molecule has 4 nitrogen and oxygen atoms in total. The van der Waals surface area contributed by atoms with E-state index in [9.17, 15) is 14.7 Å². The van der Waals surface area contributed by atoms with Crippen molar-refractivity contribution in [3.8, 4) is 0 Å². The van der Waals surface area contributed by atoms with Gasteiger partial charge in [0.1, 0.15) is 0 Å². The molecule has 0 bridgehead atoms. The topological polar surface area (TPSA) is 69.2 Å². The van der Waals surface area contributed by atoms with Crippen molar-refractivity contribution in [2.45, 2.75) is 25.7 Å². The number of carbonyl (C=O) groups excluding carboxylic acids is 2. The van der Waals surface area contributed by atoms with Crippen LogP contribution in [0.3, 0.4) is 0 Å². The van der Waals surface area contributed by atoms with Crippen LogP contribution >= 0.6 is 0 Å². The molecule has 0 saturated heterocycles. The average molecular weight is 336 g/mol. The Bertz CT molecular complexity index is 708. The molecule has 25 heavy (non-hydrogen) atoms. The second-order valence-corrected chi connectivity index (χ2v) is 5.77. The largest absolute Gasteiger partial charge is 0.550 e. The van der Waals surface area contributed by atoms with E-state index in [1.54, 1.807) is 0 Å². The number of amides is 1. The van der Waals surface area contributed by atoms with E-state index in [4.69, 9.17) is 0 Å². The number of carboxylic acid groups (broad SMARTS) is 1. The van der Waals surface area contributed by atoms with E-state index in [1.807, 2.05) is 66.7 Å². The normalized spacial score (nSPS) is 11.1. The fourth-order valence-corrected chi connectivity index (χ4v) is 2.48. The molecule has 0 unspecified atom stereocenters. The fourth-order valence-electron chi connectivity index (χ4n) is 2.48. The lowest BCUT2D eigenvalue weighted by atomic mass is 10.0. The number of hydrogen-bond acceptors (Lipinski definition) is 3. The van der Waals surface area contributed by atoms with E-state index in [0.717, 1.165) is 24.0 Å². The summed E-state index contributed by atoms with van der Waals surface area (Å²) < 4.78 is 0. The number of carbonyl (C=O) groups is 2. The monoisotopic (exact) mass is 336 g/mol. The molecule has 4 heteroatoms. The minimum Gasteiger partial charge on any atom is -0.550 e. The minimum absolute atomic E-state index is 0.0666. The zero-order valence-electron chi connectivity index (χ0n) is 14.1. The number of unbranched alkanes of at least 4 members (excludes halogenated alkanes) is 2. The van der Waals surface area contributed by atoms with Gasteiger partial charge in [-0.15, -0.1) is 0 Å². The van der Waals surface area contributed by atoms with E-state index >= 15 is 0 Å². The van der Waals surface area contributed by atoms with Crippen molar-refractivity contribution in [1.29, 1.82) is 0 Å². The second kappa shape index (κ2) is 10.1. The molecule has 1 amide bonds. The van der Waals surface area contributed by atoms with Gasteiger partial charge in [-0.25, -0.2) is 0 Å². The summed E-state index contributed by atoms with van der Waals surface area (Å²) in [4.78, 5) is 23.0. The first kappa shape index (κ1) is 18.5. The molecule has 0 aliphatic carbocycles. The van der Waals surface area contributed by atoms with E-state index in [1.165, 1.54) is 0 Å². The molecular formula is C21H22NO3-. The molecule has 0 aromatic heterocycles. The highest BCUT2D eigenvalue weighted by Gasteiger charge is 2.11. The smallest absolute Gasteiger partial charge is 0.251 e. The van der Waals surface area contributed by atoms with Crippen molar-refractivity contribution in [3.63, 3.8) is 0 Å². The molecule has 0 saturated carbocycles. The van der Waals surface area contributed by atoms with Crippen molar-refractivity contribution in [3.05, 3.63) is 71.8 Å². The summed E-state index contributed by atoms with van der Waals surface area (Å²) in [7, 11) is 0. The highest BCUT2D eigenvalue weighted by atomic mass is 16.4. The van der Waals surface area contributed by atoms with Crippen LogP contribution in [-0.4, -0.2) is 18.4 Å². The van der Waals surface area contributed by atoms with E-state index < -0.39 is 5.97 Å². The molecule has 2 rings (SSSR count). The van der Waals surface area contributed by atoms with Gasteiger partial charge in [-0.2, -0.15) is 0 Å². The number of nitrogens with one attached hydrogen (secondary N) is 1. The highest BCUT2D eigenvalue weighted by molar-refractivity contribution is 6.24. The first-order chi connectivity index (χ1) is 12.2. The second-order valence-electron chi connectivity index (χ2n) is 5.77. The van der Waals surface area contributed by atoms with Crippen LogP contribution in [0, 0.1) is 0 Å².